The fourth-order valence-corrected chi connectivity index (χ4v) is 3.97. The molecule has 2 atom stereocenters. The van der Waals surface area contributed by atoms with Gasteiger partial charge < -0.3 is 0 Å². The van der Waals surface area contributed by atoms with Gasteiger partial charge in [-0.1, -0.05) is 32.9 Å². The lowest BCUT2D eigenvalue weighted by molar-refractivity contribution is -0.125. The summed E-state index contributed by atoms with van der Waals surface area (Å²) < 4.78 is 13.7. The highest BCUT2D eigenvalue weighted by molar-refractivity contribution is 6.13. The van der Waals surface area contributed by atoms with Gasteiger partial charge in [0.2, 0.25) is 0 Å². The molecule has 21 heavy (non-hydrogen) atoms. The SMILES string of the molecule is CC1(C)[C@H]2CC[C@]1(C)C(=O)C2=CC(=O)c1ccccc1F. The van der Waals surface area contributed by atoms with Crippen molar-refractivity contribution in [3.05, 3.63) is 47.3 Å². The van der Waals surface area contributed by atoms with E-state index in [0.717, 1.165) is 12.8 Å². The molecular weight excluding hydrogens is 267 g/mol. The molecule has 0 N–H and O–H groups in total. The quantitative estimate of drug-likeness (QED) is 0.609. The first-order chi connectivity index (χ1) is 9.79. The number of rotatable bonds is 2. The maximum atomic E-state index is 13.7. The minimum absolute atomic E-state index is 0.0310. The molecule has 0 heterocycles. The summed E-state index contributed by atoms with van der Waals surface area (Å²) in [4.78, 5) is 24.9. The van der Waals surface area contributed by atoms with Crippen LogP contribution in [0.15, 0.2) is 35.9 Å². The molecule has 0 unspecified atom stereocenters. The monoisotopic (exact) mass is 286 g/mol. The van der Waals surface area contributed by atoms with Crippen molar-refractivity contribution in [3.63, 3.8) is 0 Å². The van der Waals surface area contributed by atoms with E-state index in [-0.39, 0.29) is 28.1 Å². The number of fused-ring (bicyclic) bond motifs is 2. The summed E-state index contributed by atoms with van der Waals surface area (Å²) >= 11 is 0. The van der Waals surface area contributed by atoms with Crippen molar-refractivity contribution in [1.82, 2.24) is 0 Å². The molecule has 2 aliphatic rings. The highest BCUT2D eigenvalue weighted by Crippen LogP contribution is 2.65. The van der Waals surface area contributed by atoms with E-state index in [2.05, 4.69) is 13.8 Å². The maximum Gasteiger partial charge on any atom is 0.189 e. The molecule has 2 aliphatic carbocycles. The Hall–Kier alpha value is -1.77. The molecular formula is C18H19FO2. The lowest BCUT2D eigenvalue weighted by Gasteiger charge is -2.31. The van der Waals surface area contributed by atoms with Gasteiger partial charge in [0.25, 0.3) is 0 Å². The number of ketones is 2. The van der Waals surface area contributed by atoms with E-state index >= 15 is 0 Å². The van der Waals surface area contributed by atoms with E-state index in [0.29, 0.717) is 5.57 Å². The number of allylic oxidation sites excluding steroid dienone is 2. The molecule has 0 spiro atoms. The van der Waals surface area contributed by atoms with Gasteiger partial charge in [-0.15, -0.1) is 0 Å². The summed E-state index contributed by atoms with van der Waals surface area (Å²) in [6.07, 6.45) is 3.16. The van der Waals surface area contributed by atoms with Crippen LogP contribution in [0.1, 0.15) is 44.0 Å². The molecule has 1 aromatic rings. The first-order valence-corrected chi connectivity index (χ1v) is 7.34. The third-order valence-electron chi connectivity index (χ3n) is 5.79. The van der Waals surface area contributed by atoms with Crippen molar-refractivity contribution < 1.29 is 14.0 Å². The predicted molar refractivity (Wildman–Crippen MR) is 78.4 cm³/mol. The molecule has 2 bridgehead atoms. The number of hydrogen-bond acceptors (Lipinski definition) is 2. The van der Waals surface area contributed by atoms with E-state index in [1.807, 2.05) is 6.92 Å². The Labute approximate surface area is 124 Å². The number of carbonyl (C=O) groups excluding carboxylic acids is 2. The van der Waals surface area contributed by atoms with E-state index in [1.54, 1.807) is 12.1 Å². The molecule has 3 heteroatoms. The largest absolute Gasteiger partial charge is 0.294 e. The number of benzene rings is 1. The number of carbonyl (C=O) groups is 2. The Morgan fingerprint density at radius 1 is 1.29 bits per heavy atom. The minimum atomic E-state index is -0.541. The first-order valence-electron chi connectivity index (χ1n) is 7.34. The zero-order valence-corrected chi connectivity index (χ0v) is 12.6. The van der Waals surface area contributed by atoms with Crippen molar-refractivity contribution in [3.8, 4) is 0 Å². The Balaban J connectivity index is 2.01. The summed E-state index contributed by atoms with van der Waals surface area (Å²) in [6.45, 7) is 6.18. The van der Waals surface area contributed by atoms with Crippen LogP contribution in [-0.2, 0) is 4.79 Å². The van der Waals surface area contributed by atoms with Gasteiger partial charge in [0.1, 0.15) is 5.82 Å². The lowest BCUT2D eigenvalue weighted by Crippen LogP contribution is -2.32. The van der Waals surface area contributed by atoms with Crippen LogP contribution in [0.4, 0.5) is 4.39 Å². The highest BCUT2D eigenvalue weighted by Gasteiger charge is 2.63. The van der Waals surface area contributed by atoms with E-state index in [1.165, 1.54) is 18.2 Å². The van der Waals surface area contributed by atoms with Gasteiger partial charge in [-0.25, -0.2) is 4.39 Å². The Morgan fingerprint density at radius 2 is 1.95 bits per heavy atom. The van der Waals surface area contributed by atoms with Crippen LogP contribution in [0.2, 0.25) is 0 Å². The molecule has 1 aromatic carbocycles. The topological polar surface area (TPSA) is 34.1 Å². The van der Waals surface area contributed by atoms with Crippen molar-refractivity contribution in [1.29, 1.82) is 0 Å². The normalized spacial score (nSPS) is 31.9. The zero-order valence-electron chi connectivity index (χ0n) is 12.6. The Kier molecular flexibility index (Phi) is 2.94. The summed E-state index contributed by atoms with van der Waals surface area (Å²) in [5.41, 5.74) is 0.0929. The molecule has 3 rings (SSSR count). The first kappa shape index (κ1) is 14.2. The lowest BCUT2D eigenvalue weighted by atomic mass is 9.70. The fourth-order valence-electron chi connectivity index (χ4n) is 3.97. The molecule has 0 aliphatic heterocycles. The van der Waals surface area contributed by atoms with Gasteiger partial charge in [0, 0.05) is 11.0 Å². The maximum absolute atomic E-state index is 13.7. The van der Waals surface area contributed by atoms with Crippen LogP contribution in [0.25, 0.3) is 0 Å². The third kappa shape index (κ3) is 1.76. The van der Waals surface area contributed by atoms with Gasteiger partial charge in [-0.2, -0.15) is 0 Å². The Bertz CT molecular complexity index is 672. The van der Waals surface area contributed by atoms with Gasteiger partial charge in [0.15, 0.2) is 11.6 Å². The van der Waals surface area contributed by atoms with E-state index in [9.17, 15) is 14.0 Å². The Morgan fingerprint density at radius 3 is 2.52 bits per heavy atom. The third-order valence-corrected chi connectivity index (χ3v) is 5.79. The summed E-state index contributed by atoms with van der Waals surface area (Å²) in [5, 5.41) is 0. The van der Waals surface area contributed by atoms with Gasteiger partial charge in [-0.05, 0) is 42.4 Å². The molecule has 0 saturated heterocycles. The van der Waals surface area contributed by atoms with Crippen LogP contribution >= 0.6 is 0 Å². The predicted octanol–water partition coefficient (Wildman–Crippen LogP) is 3.96. The van der Waals surface area contributed by atoms with Crippen LogP contribution < -0.4 is 0 Å². The molecule has 0 aromatic heterocycles. The fraction of sp³-hybridized carbons (Fsp3) is 0.444. The van der Waals surface area contributed by atoms with E-state index in [4.69, 9.17) is 0 Å². The molecule has 2 saturated carbocycles. The van der Waals surface area contributed by atoms with Crippen LogP contribution in [0, 0.1) is 22.6 Å². The van der Waals surface area contributed by atoms with Crippen molar-refractivity contribution >= 4 is 11.6 Å². The van der Waals surface area contributed by atoms with Crippen molar-refractivity contribution in [2.45, 2.75) is 33.6 Å². The van der Waals surface area contributed by atoms with Crippen LogP contribution in [-0.4, -0.2) is 11.6 Å². The molecule has 0 amide bonds. The minimum Gasteiger partial charge on any atom is -0.294 e. The van der Waals surface area contributed by atoms with Crippen molar-refractivity contribution in [2.75, 3.05) is 0 Å². The molecule has 0 radical (unpaired) electrons. The molecule has 2 nitrogen and oxygen atoms in total. The average molecular weight is 286 g/mol. The van der Waals surface area contributed by atoms with Crippen molar-refractivity contribution in [2.24, 2.45) is 16.7 Å². The highest BCUT2D eigenvalue weighted by atomic mass is 19.1. The second-order valence-corrected chi connectivity index (χ2v) is 6.92. The number of hydrogen-bond donors (Lipinski definition) is 0. The summed E-state index contributed by atoms with van der Waals surface area (Å²) in [5.74, 6) is -0.789. The second kappa shape index (κ2) is 4.36. The zero-order chi connectivity index (χ0) is 15.4. The second-order valence-electron chi connectivity index (χ2n) is 6.92. The smallest absolute Gasteiger partial charge is 0.189 e. The summed E-state index contributed by atoms with van der Waals surface area (Å²) in [7, 11) is 0. The van der Waals surface area contributed by atoms with Crippen LogP contribution in [0.3, 0.4) is 0 Å². The average Bonchev–Trinajstić information content (AvgIpc) is 2.73. The standard InChI is InChI=1S/C18H19FO2/c1-17(2)13-8-9-18(17,3)16(21)12(13)10-15(20)11-6-4-5-7-14(11)19/h4-7,10,13H,8-9H2,1-3H3/t13-,18+/m0/s1. The van der Waals surface area contributed by atoms with Gasteiger partial charge >= 0.3 is 0 Å². The molecule has 2 fully saturated rings. The summed E-state index contributed by atoms with van der Waals surface area (Å²) in [6, 6.07) is 5.90. The molecule has 110 valence electrons. The number of halogens is 1. The van der Waals surface area contributed by atoms with Crippen LogP contribution in [0.5, 0.6) is 0 Å². The number of Topliss-reactive ketones (excluding diaryl/α,β-unsaturated/α-hetero) is 1. The van der Waals surface area contributed by atoms with E-state index < -0.39 is 11.6 Å². The van der Waals surface area contributed by atoms with Gasteiger partial charge in [0.05, 0.1) is 5.56 Å². The van der Waals surface area contributed by atoms with Gasteiger partial charge in [-0.3, -0.25) is 9.59 Å².